The van der Waals surface area contributed by atoms with Gasteiger partial charge < -0.3 is 4.74 Å². The molecule has 0 aliphatic carbocycles. The molecule has 0 heterocycles. The zero-order chi connectivity index (χ0) is 8.97. The Balaban J connectivity index is 2.86. The first-order chi connectivity index (χ1) is 5.72. The first kappa shape index (κ1) is 8.53. The molecule has 0 aliphatic heterocycles. The van der Waals surface area contributed by atoms with Crippen LogP contribution in [0.1, 0.15) is 12.5 Å². The molecule has 1 aromatic carbocycles. The van der Waals surface area contributed by atoms with Crippen LogP contribution < -0.4 is 4.74 Å². The summed E-state index contributed by atoms with van der Waals surface area (Å²) in [4.78, 5) is 10.6. The molecular weight excluding hydrogens is 152 g/mol. The summed E-state index contributed by atoms with van der Waals surface area (Å²) in [6.07, 6.45) is 1.70. The minimum atomic E-state index is -0.309. The van der Waals surface area contributed by atoms with E-state index in [9.17, 15) is 4.79 Å². The summed E-state index contributed by atoms with van der Waals surface area (Å²) in [6, 6.07) is 7.19. The first-order valence-electron chi connectivity index (χ1n) is 3.63. The zero-order valence-electron chi connectivity index (χ0n) is 6.91. The molecule has 0 unspecified atom stereocenters. The van der Waals surface area contributed by atoms with Crippen LogP contribution in [0.15, 0.2) is 30.8 Å². The summed E-state index contributed by atoms with van der Waals surface area (Å²) < 4.78 is 4.87. The molecule has 0 aromatic heterocycles. The Kier molecular flexibility index (Phi) is 2.64. The second-order valence-electron chi connectivity index (χ2n) is 2.37. The van der Waals surface area contributed by atoms with E-state index in [4.69, 9.17) is 4.74 Å². The number of hydrogen-bond acceptors (Lipinski definition) is 2. The van der Waals surface area contributed by atoms with Crippen LogP contribution in [0.4, 0.5) is 0 Å². The van der Waals surface area contributed by atoms with Crippen molar-refractivity contribution in [3.8, 4) is 5.75 Å². The van der Waals surface area contributed by atoms with E-state index in [2.05, 4.69) is 6.58 Å². The van der Waals surface area contributed by atoms with Crippen LogP contribution in [0.2, 0.25) is 0 Å². The topological polar surface area (TPSA) is 26.3 Å². The minimum Gasteiger partial charge on any atom is -0.427 e. The van der Waals surface area contributed by atoms with Gasteiger partial charge >= 0.3 is 5.97 Å². The molecular formula is C10H10O2. The lowest BCUT2D eigenvalue weighted by atomic mass is 10.2. The average Bonchev–Trinajstić information content (AvgIpc) is 2.03. The highest BCUT2D eigenvalue weighted by Gasteiger charge is 1.96. The highest BCUT2D eigenvalue weighted by Crippen LogP contribution is 2.13. The molecule has 0 bridgehead atoms. The quantitative estimate of drug-likeness (QED) is 0.492. The molecule has 0 atom stereocenters. The van der Waals surface area contributed by atoms with Gasteiger partial charge in [-0.05, 0) is 17.7 Å². The molecule has 12 heavy (non-hydrogen) atoms. The largest absolute Gasteiger partial charge is 0.427 e. The summed E-state index contributed by atoms with van der Waals surface area (Å²) in [5.74, 6) is 0.246. The Morgan fingerprint density at radius 1 is 1.58 bits per heavy atom. The van der Waals surface area contributed by atoms with Crippen molar-refractivity contribution in [2.24, 2.45) is 0 Å². The van der Waals surface area contributed by atoms with Crippen LogP contribution in [0.5, 0.6) is 5.75 Å². The van der Waals surface area contributed by atoms with E-state index >= 15 is 0 Å². The Hall–Kier alpha value is -1.57. The van der Waals surface area contributed by atoms with Crippen molar-refractivity contribution in [2.45, 2.75) is 6.92 Å². The van der Waals surface area contributed by atoms with Gasteiger partial charge in [0.05, 0.1) is 0 Å². The zero-order valence-corrected chi connectivity index (χ0v) is 6.91. The van der Waals surface area contributed by atoms with Gasteiger partial charge in [0, 0.05) is 6.92 Å². The summed E-state index contributed by atoms with van der Waals surface area (Å²) in [7, 11) is 0. The number of hydrogen-bond donors (Lipinski definition) is 0. The fourth-order valence-electron chi connectivity index (χ4n) is 0.871. The third-order valence-electron chi connectivity index (χ3n) is 1.36. The Morgan fingerprint density at radius 2 is 2.33 bits per heavy atom. The van der Waals surface area contributed by atoms with E-state index in [1.54, 1.807) is 18.2 Å². The van der Waals surface area contributed by atoms with Crippen molar-refractivity contribution in [2.75, 3.05) is 0 Å². The summed E-state index contributed by atoms with van der Waals surface area (Å²) in [6.45, 7) is 4.99. The molecule has 1 rings (SSSR count). The molecule has 62 valence electrons. The van der Waals surface area contributed by atoms with E-state index < -0.39 is 0 Å². The summed E-state index contributed by atoms with van der Waals surface area (Å²) >= 11 is 0. The predicted molar refractivity (Wildman–Crippen MR) is 47.8 cm³/mol. The highest BCUT2D eigenvalue weighted by atomic mass is 16.5. The third kappa shape index (κ3) is 2.23. The van der Waals surface area contributed by atoms with Crippen LogP contribution in [0.3, 0.4) is 0 Å². The SMILES string of the molecule is C=Cc1cccc(OC(C)=O)c1. The van der Waals surface area contributed by atoms with Crippen LogP contribution in [0.25, 0.3) is 6.08 Å². The van der Waals surface area contributed by atoms with Crippen LogP contribution in [-0.4, -0.2) is 5.97 Å². The van der Waals surface area contributed by atoms with Gasteiger partial charge in [-0.2, -0.15) is 0 Å². The summed E-state index contributed by atoms with van der Waals surface area (Å²) in [5, 5.41) is 0. The molecule has 0 fully saturated rings. The van der Waals surface area contributed by atoms with E-state index in [0.717, 1.165) is 5.56 Å². The number of esters is 1. The highest BCUT2D eigenvalue weighted by molar-refractivity contribution is 5.69. The molecule has 0 saturated heterocycles. The fraction of sp³-hybridized carbons (Fsp3) is 0.100. The normalized spacial score (nSPS) is 9.08. The predicted octanol–water partition coefficient (Wildman–Crippen LogP) is 2.25. The van der Waals surface area contributed by atoms with E-state index in [0.29, 0.717) is 5.75 Å². The van der Waals surface area contributed by atoms with E-state index in [1.807, 2.05) is 12.1 Å². The van der Waals surface area contributed by atoms with E-state index in [-0.39, 0.29) is 5.97 Å². The van der Waals surface area contributed by atoms with Crippen molar-refractivity contribution >= 4 is 12.0 Å². The maximum atomic E-state index is 10.6. The van der Waals surface area contributed by atoms with Gasteiger partial charge in [-0.25, -0.2) is 0 Å². The molecule has 0 radical (unpaired) electrons. The van der Waals surface area contributed by atoms with E-state index in [1.165, 1.54) is 6.92 Å². The van der Waals surface area contributed by atoms with Crippen molar-refractivity contribution in [3.63, 3.8) is 0 Å². The van der Waals surface area contributed by atoms with Gasteiger partial charge in [0.2, 0.25) is 0 Å². The molecule has 0 amide bonds. The van der Waals surface area contributed by atoms with Crippen molar-refractivity contribution in [3.05, 3.63) is 36.4 Å². The Morgan fingerprint density at radius 3 is 2.92 bits per heavy atom. The molecule has 2 nitrogen and oxygen atoms in total. The average molecular weight is 162 g/mol. The molecule has 1 aromatic rings. The van der Waals surface area contributed by atoms with Crippen molar-refractivity contribution in [1.82, 2.24) is 0 Å². The van der Waals surface area contributed by atoms with Crippen molar-refractivity contribution < 1.29 is 9.53 Å². The number of benzene rings is 1. The lowest BCUT2D eigenvalue weighted by Crippen LogP contribution is -2.00. The van der Waals surface area contributed by atoms with Gasteiger partial charge in [-0.15, -0.1) is 0 Å². The third-order valence-corrected chi connectivity index (χ3v) is 1.36. The smallest absolute Gasteiger partial charge is 0.308 e. The lowest BCUT2D eigenvalue weighted by Gasteiger charge is -2.00. The monoisotopic (exact) mass is 162 g/mol. The van der Waals surface area contributed by atoms with Crippen molar-refractivity contribution in [1.29, 1.82) is 0 Å². The Bertz CT molecular complexity index is 302. The fourth-order valence-corrected chi connectivity index (χ4v) is 0.871. The van der Waals surface area contributed by atoms with Gasteiger partial charge in [-0.1, -0.05) is 24.8 Å². The number of carbonyl (C=O) groups excluding carboxylic acids is 1. The van der Waals surface area contributed by atoms with Gasteiger partial charge in [0.15, 0.2) is 0 Å². The van der Waals surface area contributed by atoms with Gasteiger partial charge in [0.1, 0.15) is 5.75 Å². The number of ether oxygens (including phenoxy) is 1. The minimum absolute atomic E-state index is 0.309. The van der Waals surface area contributed by atoms with Crippen LogP contribution >= 0.6 is 0 Å². The second-order valence-corrected chi connectivity index (χ2v) is 2.37. The van der Waals surface area contributed by atoms with Gasteiger partial charge in [0.25, 0.3) is 0 Å². The first-order valence-corrected chi connectivity index (χ1v) is 3.63. The maximum Gasteiger partial charge on any atom is 0.308 e. The molecule has 0 saturated carbocycles. The summed E-state index contributed by atoms with van der Waals surface area (Å²) in [5.41, 5.74) is 0.939. The molecule has 0 aliphatic rings. The molecule has 2 heteroatoms. The maximum absolute atomic E-state index is 10.6. The standard InChI is InChI=1S/C10H10O2/c1-3-9-5-4-6-10(7-9)12-8(2)11/h3-7H,1H2,2H3. The number of rotatable bonds is 2. The second kappa shape index (κ2) is 3.72. The Labute approximate surface area is 71.5 Å². The van der Waals surface area contributed by atoms with Crippen LogP contribution in [-0.2, 0) is 4.79 Å². The van der Waals surface area contributed by atoms with Crippen LogP contribution in [0, 0.1) is 0 Å². The van der Waals surface area contributed by atoms with Gasteiger partial charge in [-0.3, -0.25) is 4.79 Å². The molecule has 0 N–H and O–H groups in total. The molecule has 0 spiro atoms. The lowest BCUT2D eigenvalue weighted by molar-refractivity contribution is -0.131. The number of carbonyl (C=O) groups is 1.